The summed E-state index contributed by atoms with van der Waals surface area (Å²) in [7, 11) is -1.67. The van der Waals surface area contributed by atoms with Crippen molar-refractivity contribution in [3.05, 3.63) is 0 Å². The fourth-order valence-electron chi connectivity index (χ4n) is 2.20. The second-order valence-corrected chi connectivity index (χ2v) is 6.94. The monoisotopic (exact) mass is 263 g/mol. The fourth-order valence-corrected chi connectivity index (χ4v) is 4.02. The lowest BCUT2D eigenvalue weighted by Crippen LogP contribution is -2.37. The van der Waals surface area contributed by atoms with Crippen LogP contribution in [0.2, 0.25) is 0 Å². The van der Waals surface area contributed by atoms with Gasteiger partial charge < -0.3 is 5.11 Å². The predicted octanol–water partition coefficient (Wildman–Crippen LogP) is 1.45. The molecule has 5 nitrogen and oxygen atoms in total. The quantitative estimate of drug-likeness (QED) is 0.787. The Kier molecular flexibility index (Phi) is 5.39. The maximum atomic E-state index is 12.1. The molecule has 0 aromatic heterocycles. The number of carbonyl (C=O) groups is 1. The molecule has 0 aliphatic heterocycles. The van der Waals surface area contributed by atoms with Gasteiger partial charge in [0.15, 0.2) is 0 Å². The van der Waals surface area contributed by atoms with Crippen molar-refractivity contribution in [2.45, 2.75) is 50.2 Å². The largest absolute Gasteiger partial charge is 0.481 e. The predicted molar refractivity (Wildman–Crippen MR) is 65.3 cm³/mol. The standard InChI is InChI=1S/C11H21NO4S/c1-12(9-5-8-11(13)14)17(15,16)10-6-3-2-4-7-10/h10H,2-9H2,1H3,(H,13,14). The molecule has 0 unspecified atom stereocenters. The van der Waals surface area contributed by atoms with Gasteiger partial charge in [-0.15, -0.1) is 0 Å². The molecule has 1 aliphatic carbocycles. The molecule has 1 N–H and O–H groups in total. The minimum Gasteiger partial charge on any atom is -0.481 e. The van der Waals surface area contributed by atoms with E-state index in [4.69, 9.17) is 5.11 Å². The van der Waals surface area contributed by atoms with Crippen LogP contribution in [0.15, 0.2) is 0 Å². The van der Waals surface area contributed by atoms with E-state index in [-0.39, 0.29) is 11.7 Å². The SMILES string of the molecule is CN(CCCC(=O)O)S(=O)(=O)C1CCCCC1. The van der Waals surface area contributed by atoms with E-state index in [1.807, 2.05) is 0 Å². The van der Waals surface area contributed by atoms with Crippen LogP contribution in [0.5, 0.6) is 0 Å². The molecule has 0 aromatic rings. The highest BCUT2D eigenvalue weighted by Crippen LogP contribution is 2.25. The topological polar surface area (TPSA) is 74.7 Å². The summed E-state index contributed by atoms with van der Waals surface area (Å²) in [5.41, 5.74) is 0. The van der Waals surface area contributed by atoms with Gasteiger partial charge in [0.05, 0.1) is 5.25 Å². The highest BCUT2D eigenvalue weighted by Gasteiger charge is 2.30. The molecule has 1 aliphatic rings. The third kappa shape index (κ3) is 4.27. The Morgan fingerprint density at radius 2 is 1.88 bits per heavy atom. The lowest BCUT2D eigenvalue weighted by atomic mass is 10.0. The molecule has 0 atom stereocenters. The average molecular weight is 263 g/mol. The van der Waals surface area contributed by atoms with Gasteiger partial charge in [-0.25, -0.2) is 12.7 Å². The first-order valence-corrected chi connectivity index (χ1v) is 7.62. The smallest absolute Gasteiger partial charge is 0.303 e. The number of carboxylic acid groups (broad SMARTS) is 1. The van der Waals surface area contributed by atoms with Crippen molar-refractivity contribution >= 4 is 16.0 Å². The van der Waals surface area contributed by atoms with Crippen LogP contribution in [0.4, 0.5) is 0 Å². The molecule has 0 heterocycles. The summed E-state index contributed by atoms with van der Waals surface area (Å²) in [4.78, 5) is 10.4. The second kappa shape index (κ2) is 6.35. The van der Waals surface area contributed by atoms with E-state index in [0.29, 0.717) is 13.0 Å². The molecule has 6 heteroatoms. The van der Waals surface area contributed by atoms with Crippen molar-refractivity contribution in [2.24, 2.45) is 0 Å². The number of hydrogen-bond donors (Lipinski definition) is 1. The first-order chi connectivity index (χ1) is 7.94. The molecule has 0 spiro atoms. The van der Waals surface area contributed by atoms with Gasteiger partial charge in [-0.05, 0) is 19.3 Å². The minimum atomic E-state index is -3.22. The highest BCUT2D eigenvalue weighted by molar-refractivity contribution is 7.89. The molecule has 1 saturated carbocycles. The third-order valence-electron chi connectivity index (χ3n) is 3.27. The van der Waals surface area contributed by atoms with Crippen LogP contribution in [-0.4, -0.2) is 42.6 Å². The summed E-state index contributed by atoms with van der Waals surface area (Å²) in [6, 6.07) is 0. The Hall–Kier alpha value is -0.620. The van der Waals surface area contributed by atoms with Gasteiger partial charge >= 0.3 is 5.97 Å². The molecule has 1 fully saturated rings. The summed E-state index contributed by atoms with van der Waals surface area (Å²) in [6.45, 7) is 0.297. The Morgan fingerprint density at radius 3 is 2.41 bits per heavy atom. The van der Waals surface area contributed by atoms with Crippen molar-refractivity contribution < 1.29 is 18.3 Å². The van der Waals surface area contributed by atoms with Gasteiger partial charge in [0.1, 0.15) is 0 Å². The van der Waals surface area contributed by atoms with Crippen LogP contribution in [0.1, 0.15) is 44.9 Å². The second-order valence-electron chi connectivity index (χ2n) is 4.62. The molecule has 0 saturated heterocycles. The number of aliphatic carboxylic acids is 1. The van der Waals surface area contributed by atoms with E-state index in [0.717, 1.165) is 32.1 Å². The number of carboxylic acids is 1. The maximum Gasteiger partial charge on any atom is 0.303 e. The van der Waals surface area contributed by atoms with Gasteiger partial charge in [0.2, 0.25) is 10.0 Å². The van der Waals surface area contributed by atoms with Crippen LogP contribution >= 0.6 is 0 Å². The van der Waals surface area contributed by atoms with Crippen molar-refractivity contribution in [1.82, 2.24) is 4.31 Å². The van der Waals surface area contributed by atoms with Gasteiger partial charge in [-0.2, -0.15) is 0 Å². The van der Waals surface area contributed by atoms with Crippen LogP contribution in [0.3, 0.4) is 0 Å². The highest BCUT2D eigenvalue weighted by atomic mass is 32.2. The van der Waals surface area contributed by atoms with E-state index >= 15 is 0 Å². The van der Waals surface area contributed by atoms with Gasteiger partial charge in [0.25, 0.3) is 0 Å². The number of rotatable bonds is 6. The van der Waals surface area contributed by atoms with Crippen molar-refractivity contribution in [3.8, 4) is 0 Å². The number of nitrogens with zero attached hydrogens (tertiary/aromatic N) is 1. The first-order valence-electron chi connectivity index (χ1n) is 6.11. The van der Waals surface area contributed by atoms with Crippen molar-refractivity contribution in [1.29, 1.82) is 0 Å². The van der Waals surface area contributed by atoms with E-state index in [1.54, 1.807) is 7.05 Å². The lowest BCUT2D eigenvalue weighted by molar-refractivity contribution is -0.137. The molecule has 0 bridgehead atoms. The lowest BCUT2D eigenvalue weighted by Gasteiger charge is -2.27. The van der Waals surface area contributed by atoms with Crippen LogP contribution in [-0.2, 0) is 14.8 Å². The van der Waals surface area contributed by atoms with Gasteiger partial charge in [0, 0.05) is 20.0 Å². The van der Waals surface area contributed by atoms with Gasteiger partial charge in [-0.1, -0.05) is 19.3 Å². The summed E-state index contributed by atoms with van der Waals surface area (Å²) >= 11 is 0. The Morgan fingerprint density at radius 1 is 1.29 bits per heavy atom. The third-order valence-corrected chi connectivity index (χ3v) is 5.64. The summed E-state index contributed by atoms with van der Waals surface area (Å²) in [5, 5.41) is 8.25. The zero-order chi connectivity index (χ0) is 12.9. The Bertz CT molecular complexity index is 346. The van der Waals surface area contributed by atoms with Gasteiger partial charge in [-0.3, -0.25) is 4.79 Å². The number of hydrogen-bond acceptors (Lipinski definition) is 3. The molecule has 1 rings (SSSR count). The van der Waals surface area contributed by atoms with Crippen molar-refractivity contribution in [3.63, 3.8) is 0 Å². The molecule has 100 valence electrons. The fraction of sp³-hybridized carbons (Fsp3) is 0.909. The zero-order valence-corrected chi connectivity index (χ0v) is 11.1. The molecular formula is C11H21NO4S. The van der Waals surface area contributed by atoms with E-state index in [2.05, 4.69) is 0 Å². The molecular weight excluding hydrogens is 242 g/mol. The maximum absolute atomic E-state index is 12.1. The van der Waals surface area contributed by atoms with Crippen LogP contribution < -0.4 is 0 Å². The van der Waals surface area contributed by atoms with Crippen LogP contribution in [0, 0.1) is 0 Å². The average Bonchev–Trinajstić information content (AvgIpc) is 2.29. The number of sulfonamides is 1. The Labute approximate surface area is 103 Å². The van der Waals surface area contributed by atoms with Crippen LogP contribution in [0.25, 0.3) is 0 Å². The van der Waals surface area contributed by atoms with Crippen molar-refractivity contribution in [2.75, 3.05) is 13.6 Å². The molecule has 17 heavy (non-hydrogen) atoms. The van der Waals surface area contributed by atoms with E-state index in [9.17, 15) is 13.2 Å². The first kappa shape index (κ1) is 14.4. The molecule has 0 radical (unpaired) electrons. The summed E-state index contributed by atoms with van der Waals surface area (Å²) in [5.74, 6) is -0.881. The summed E-state index contributed by atoms with van der Waals surface area (Å²) in [6.07, 6.45) is 4.95. The minimum absolute atomic E-state index is 0.0184. The normalized spacial score (nSPS) is 18.5. The summed E-state index contributed by atoms with van der Waals surface area (Å²) < 4.78 is 25.6. The molecule has 0 amide bonds. The zero-order valence-electron chi connectivity index (χ0n) is 10.3. The van der Waals surface area contributed by atoms with E-state index < -0.39 is 16.0 Å². The van der Waals surface area contributed by atoms with E-state index in [1.165, 1.54) is 4.31 Å². The molecule has 0 aromatic carbocycles. The Balaban J connectivity index is 2.47.